The summed E-state index contributed by atoms with van der Waals surface area (Å²) < 4.78 is 4.91. The summed E-state index contributed by atoms with van der Waals surface area (Å²) in [4.78, 5) is 22.3. The molecule has 0 heterocycles. The van der Waals surface area contributed by atoms with Crippen molar-refractivity contribution >= 4 is 17.5 Å². The van der Waals surface area contributed by atoms with Crippen molar-refractivity contribution < 1.29 is 14.3 Å². The van der Waals surface area contributed by atoms with Gasteiger partial charge in [-0.15, -0.1) is 0 Å². The normalized spacial score (nSPS) is 11.9. The molecule has 2 amide bonds. The number of amides is 2. The van der Waals surface area contributed by atoms with Crippen molar-refractivity contribution in [3.05, 3.63) is 29.8 Å². The van der Waals surface area contributed by atoms with Gasteiger partial charge in [-0.25, -0.2) is 0 Å². The molecule has 0 spiro atoms. The van der Waals surface area contributed by atoms with E-state index in [1.165, 1.54) is 6.92 Å². The first-order valence-corrected chi connectivity index (χ1v) is 5.93. The van der Waals surface area contributed by atoms with Crippen LogP contribution in [0.1, 0.15) is 18.5 Å². The van der Waals surface area contributed by atoms with Crippen LogP contribution in [0.5, 0.6) is 0 Å². The van der Waals surface area contributed by atoms with Gasteiger partial charge in [0.2, 0.25) is 11.8 Å². The van der Waals surface area contributed by atoms with Crippen molar-refractivity contribution in [3.8, 4) is 0 Å². The number of rotatable bonds is 7. The van der Waals surface area contributed by atoms with E-state index < -0.39 is 11.9 Å². The maximum Gasteiger partial charge on any atom is 0.239 e. The van der Waals surface area contributed by atoms with Crippen molar-refractivity contribution in [2.24, 2.45) is 5.73 Å². The van der Waals surface area contributed by atoms with E-state index in [-0.39, 0.29) is 5.91 Å². The third-order valence-corrected chi connectivity index (χ3v) is 2.50. The number of primary amides is 1. The Morgan fingerprint density at radius 3 is 2.42 bits per heavy atom. The molecule has 104 valence electrons. The third kappa shape index (κ3) is 5.07. The average molecular weight is 265 g/mol. The predicted octanol–water partition coefficient (Wildman–Crippen LogP) is 0.407. The minimum absolute atomic E-state index is 0.141. The van der Waals surface area contributed by atoms with Gasteiger partial charge >= 0.3 is 0 Å². The molecule has 0 fully saturated rings. The molecule has 1 aromatic carbocycles. The zero-order chi connectivity index (χ0) is 14.3. The van der Waals surface area contributed by atoms with Gasteiger partial charge in [0.25, 0.3) is 0 Å². The number of methoxy groups -OCH3 is 1. The number of nitrogens with one attached hydrogen (secondary N) is 2. The first-order chi connectivity index (χ1) is 9.04. The van der Waals surface area contributed by atoms with E-state index in [0.29, 0.717) is 18.8 Å². The van der Waals surface area contributed by atoms with Gasteiger partial charge in [-0.3, -0.25) is 14.9 Å². The lowest BCUT2D eigenvalue weighted by Gasteiger charge is -2.16. The second-order valence-corrected chi connectivity index (χ2v) is 4.09. The summed E-state index contributed by atoms with van der Waals surface area (Å²) in [6, 6.07) is 6.39. The van der Waals surface area contributed by atoms with Gasteiger partial charge in [0.05, 0.1) is 6.61 Å². The largest absolute Gasteiger partial charge is 0.383 e. The topological polar surface area (TPSA) is 93.4 Å². The summed E-state index contributed by atoms with van der Waals surface area (Å²) in [5.41, 5.74) is 6.78. The lowest BCUT2D eigenvalue weighted by atomic mass is 10.1. The zero-order valence-electron chi connectivity index (χ0n) is 11.1. The maximum absolute atomic E-state index is 11.4. The van der Waals surface area contributed by atoms with E-state index in [1.54, 1.807) is 31.4 Å². The van der Waals surface area contributed by atoms with Crippen molar-refractivity contribution in [1.82, 2.24) is 5.32 Å². The van der Waals surface area contributed by atoms with Gasteiger partial charge in [-0.1, -0.05) is 12.1 Å². The highest BCUT2D eigenvalue weighted by molar-refractivity contribution is 5.88. The standard InChI is InChI=1S/C13H19N3O3/c1-9(17)16-11-5-3-10(4-6-11)12(13(14)18)15-7-8-19-2/h3-6,12,15H,7-8H2,1-2H3,(H2,14,18)(H,16,17). The molecule has 19 heavy (non-hydrogen) atoms. The Hall–Kier alpha value is -1.92. The fourth-order valence-corrected chi connectivity index (χ4v) is 1.65. The quantitative estimate of drug-likeness (QED) is 0.622. The average Bonchev–Trinajstić information content (AvgIpc) is 2.35. The maximum atomic E-state index is 11.4. The molecule has 0 saturated carbocycles. The van der Waals surface area contributed by atoms with Gasteiger partial charge in [-0.2, -0.15) is 0 Å². The molecule has 1 aromatic rings. The molecule has 0 aliphatic carbocycles. The molecule has 4 N–H and O–H groups in total. The molecule has 0 aromatic heterocycles. The number of benzene rings is 1. The molecule has 1 rings (SSSR count). The number of anilines is 1. The van der Waals surface area contributed by atoms with Crippen LogP contribution in [-0.4, -0.2) is 32.1 Å². The van der Waals surface area contributed by atoms with E-state index in [1.807, 2.05) is 0 Å². The highest BCUT2D eigenvalue weighted by Gasteiger charge is 2.16. The molecular weight excluding hydrogens is 246 g/mol. The molecule has 0 aliphatic heterocycles. The molecule has 1 atom stereocenters. The van der Waals surface area contributed by atoms with Crippen molar-refractivity contribution in [1.29, 1.82) is 0 Å². The third-order valence-electron chi connectivity index (χ3n) is 2.50. The summed E-state index contributed by atoms with van der Waals surface area (Å²) in [7, 11) is 1.59. The van der Waals surface area contributed by atoms with Gasteiger partial charge in [0, 0.05) is 26.3 Å². The fraction of sp³-hybridized carbons (Fsp3) is 0.385. The van der Waals surface area contributed by atoms with Crippen molar-refractivity contribution in [2.75, 3.05) is 25.6 Å². The number of hydrogen-bond acceptors (Lipinski definition) is 4. The number of nitrogens with two attached hydrogens (primary N) is 1. The van der Waals surface area contributed by atoms with E-state index >= 15 is 0 Å². The van der Waals surface area contributed by atoms with Crippen LogP contribution in [0.4, 0.5) is 5.69 Å². The van der Waals surface area contributed by atoms with Crippen LogP contribution < -0.4 is 16.4 Å². The molecule has 6 nitrogen and oxygen atoms in total. The van der Waals surface area contributed by atoms with Crippen LogP contribution in [0.25, 0.3) is 0 Å². The fourth-order valence-electron chi connectivity index (χ4n) is 1.65. The zero-order valence-corrected chi connectivity index (χ0v) is 11.1. The SMILES string of the molecule is COCCNC(C(N)=O)c1ccc(NC(C)=O)cc1. The monoisotopic (exact) mass is 265 g/mol. The van der Waals surface area contributed by atoms with E-state index in [9.17, 15) is 9.59 Å². The Morgan fingerprint density at radius 2 is 1.95 bits per heavy atom. The summed E-state index contributed by atoms with van der Waals surface area (Å²) in [5.74, 6) is -0.596. The van der Waals surface area contributed by atoms with Gasteiger partial charge in [-0.05, 0) is 17.7 Å². The summed E-state index contributed by atoms with van der Waals surface area (Å²) in [6.45, 7) is 2.46. The van der Waals surface area contributed by atoms with E-state index in [4.69, 9.17) is 10.5 Å². The van der Waals surface area contributed by atoms with Gasteiger partial charge in [0.1, 0.15) is 6.04 Å². The van der Waals surface area contributed by atoms with E-state index in [2.05, 4.69) is 10.6 Å². The van der Waals surface area contributed by atoms with Crippen LogP contribution in [0.3, 0.4) is 0 Å². The first kappa shape index (κ1) is 15.1. The smallest absolute Gasteiger partial charge is 0.239 e. The highest BCUT2D eigenvalue weighted by atomic mass is 16.5. The Bertz CT molecular complexity index is 431. The minimum atomic E-state index is -0.568. The van der Waals surface area contributed by atoms with Gasteiger partial charge < -0.3 is 15.8 Å². The molecular formula is C13H19N3O3. The number of hydrogen-bond donors (Lipinski definition) is 3. The van der Waals surface area contributed by atoms with Crippen molar-refractivity contribution in [2.45, 2.75) is 13.0 Å². The van der Waals surface area contributed by atoms with Crippen LogP contribution >= 0.6 is 0 Å². The molecule has 0 bridgehead atoms. The molecule has 0 saturated heterocycles. The Kier molecular flexibility index (Phi) is 5.98. The Morgan fingerprint density at radius 1 is 1.32 bits per heavy atom. The summed E-state index contributed by atoms with van der Waals surface area (Å²) >= 11 is 0. The van der Waals surface area contributed by atoms with Crippen LogP contribution in [0.15, 0.2) is 24.3 Å². The Balaban J connectivity index is 2.73. The predicted molar refractivity (Wildman–Crippen MR) is 72.6 cm³/mol. The number of carbonyl (C=O) groups excluding carboxylic acids is 2. The number of ether oxygens (including phenoxy) is 1. The lowest BCUT2D eigenvalue weighted by Crippen LogP contribution is -2.35. The molecule has 0 aliphatic rings. The lowest BCUT2D eigenvalue weighted by molar-refractivity contribution is -0.120. The second kappa shape index (κ2) is 7.50. The highest BCUT2D eigenvalue weighted by Crippen LogP contribution is 2.16. The van der Waals surface area contributed by atoms with Crippen LogP contribution in [0.2, 0.25) is 0 Å². The van der Waals surface area contributed by atoms with E-state index in [0.717, 1.165) is 5.56 Å². The minimum Gasteiger partial charge on any atom is -0.383 e. The molecule has 0 radical (unpaired) electrons. The van der Waals surface area contributed by atoms with Gasteiger partial charge in [0.15, 0.2) is 0 Å². The van der Waals surface area contributed by atoms with Crippen LogP contribution in [-0.2, 0) is 14.3 Å². The summed E-state index contributed by atoms with van der Waals surface area (Å²) in [5, 5.41) is 5.67. The molecule has 1 unspecified atom stereocenters. The second-order valence-electron chi connectivity index (χ2n) is 4.09. The van der Waals surface area contributed by atoms with Crippen molar-refractivity contribution in [3.63, 3.8) is 0 Å². The Labute approximate surface area is 112 Å². The summed E-state index contributed by atoms with van der Waals surface area (Å²) in [6.07, 6.45) is 0. The first-order valence-electron chi connectivity index (χ1n) is 5.93. The molecule has 6 heteroatoms. The van der Waals surface area contributed by atoms with Crippen LogP contribution in [0, 0.1) is 0 Å². The number of carbonyl (C=O) groups is 2.